The lowest BCUT2D eigenvalue weighted by molar-refractivity contribution is -0.384. The third kappa shape index (κ3) is 5.41. The topological polar surface area (TPSA) is 126 Å². The molecule has 0 spiro atoms. The summed E-state index contributed by atoms with van der Waals surface area (Å²) in [5.41, 5.74) is 2.13. The lowest BCUT2D eigenvalue weighted by Gasteiger charge is -2.30. The molecule has 0 saturated carbocycles. The summed E-state index contributed by atoms with van der Waals surface area (Å²) < 4.78 is 18.3. The fraction of sp³-hybridized carbons (Fsp3) is 0.367. The summed E-state index contributed by atoms with van der Waals surface area (Å²) >= 11 is 1.16. The molecule has 2 aliphatic rings. The molecule has 5 rings (SSSR count). The Bertz CT molecular complexity index is 1750. The lowest BCUT2D eigenvalue weighted by Crippen LogP contribution is -2.40. The van der Waals surface area contributed by atoms with E-state index in [1.165, 1.54) is 30.9 Å². The normalized spacial score (nSPS) is 17.0. The first-order valence-electron chi connectivity index (χ1n) is 13.7. The van der Waals surface area contributed by atoms with Crippen molar-refractivity contribution in [3.8, 4) is 11.5 Å². The summed E-state index contributed by atoms with van der Waals surface area (Å²) in [7, 11) is 3.05. The number of piperidine rings is 1. The Morgan fingerprint density at radius 1 is 1.14 bits per heavy atom. The lowest BCUT2D eigenvalue weighted by atomic mass is 9.94. The average Bonchev–Trinajstić information content (AvgIpc) is 3.30. The second kappa shape index (κ2) is 12.2. The number of esters is 1. The molecule has 3 aromatic rings. The van der Waals surface area contributed by atoms with Gasteiger partial charge >= 0.3 is 5.97 Å². The highest BCUT2D eigenvalue weighted by Crippen LogP contribution is 2.38. The maximum Gasteiger partial charge on any atom is 0.338 e. The van der Waals surface area contributed by atoms with Gasteiger partial charge in [0.2, 0.25) is 0 Å². The number of rotatable bonds is 8. The molecule has 0 N–H and O–H groups in total. The maximum absolute atomic E-state index is 14.2. The molecule has 0 amide bonds. The fourth-order valence-corrected chi connectivity index (χ4v) is 6.51. The second-order valence-electron chi connectivity index (χ2n) is 9.96. The number of benzene rings is 2. The van der Waals surface area contributed by atoms with Gasteiger partial charge in [-0.3, -0.25) is 19.5 Å². The largest absolute Gasteiger partial charge is 0.497 e. The summed E-state index contributed by atoms with van der Waals surface area (Å²) in [6.07, 6.45) is 4.87. The molecule has 220 valence electrons. The van der Waals surface area contributed by atoms with E-state index in [1.807, 2.05) is 0 Å². The van der Waals surface area contributed by atoms with E-state index in [0.717, 1.165) is 49.4 Å². The van der Waals surface area contributed by atoms with Crippen molar-refractivity contribution >= 4 is 34.8 Å². The molecule has 3 heterocycles. The molecular weight excluding hydrogens is 560 g/mol. The van der Waals surface area contributed by atoms with Crippen molar-refractivity contribution in [2.24, 2.45) is 4.99 Å². The molecule has 11 nitrogen and oxygen atoms in total. The van der Waals surface area contributed by atoms with Gasteiger partial charge in [0.15, 0.2) is 4.80 Å². The molecule has 1 unspecified atom stereocenters. The fourth-order valence-electron chi connectivity index (χ4n) is 5.47. The van der Waals surface area contributed by atoms with E-state index in [1.54, 1.807) is 44.2 Å². The van der Waals surface area contributed by atoms with E-state index in [9.17, 15) is 19.7 Å². The van der Waals surface area contributed by atoms with E-state index in [-0.39, 0.29) is 23.4 Å². The highest BCUT2D eigenvalue weighted by atomic mass is 32.1. The number of hydrogen-bond donors (Lipinski definition) is 0. The zero-order chi connectivity index (χ0) is 30.0. The van der Waals surface area contributed by atoms with Crippen LogP contribution in [0.1, 0.15) is 50.3 Å². The van der Waals surface area contributed by atoms with Crippen LogP contribution in [0.3, 0.4) is 0 Å². The second-order valence-corrected chi connectivity index (χ2v) is 11.0. The molecule has 2 aliphatic heterocycles. The van der Waals surface area contributed by atoms with E-state index < -0.39 is 16.9 Å². The monoisotopic (exact) mass is 592 g/mol. The number of carbonyl (C=O) groups excluding carboxylic acids is 1. The Morgan fingerprint density at radius 3 is 2.57 bits per heavy atom. The predicted molar refractivity (Wildman–Crippen MR) is 159 cm³/mol. The molecule has 0 aliphatic carbocycles. The molecule has 0 bridgehead atoms. The van der Waals surface area contributed by atoms with Gasteiger partial charge in [-0.05, 0) is 63.5 Å². The van der Waals surface area contributed by atoms with Gasteiger partial charge in [-0.15, -0.1) is 0 Å². The number of non-ortho nitro benzene ring substituents is 1. The standard InChI is InChI=1S/C30H32N4O7S/c1-5-41-29(36)26-18(2)31-30-33(27(26)22-17-21(39-3)10-12-24(22)40-4)28(35)25(42-30)16-19-15-20(34(37)38)9-11-23(19)32-13-7-6-8-14-32/h9-12,15-17,27H,5-8,13-14H2,1-4H3/b25-16-. The molecule has 42 heavy (non-hydrogen) atoms. The van der Waals surface area contributed by atoms with Gasteiger partial charge in [0.1, 0.15) is 17.5 Å². The molecule has 0 radical (unpaired) electrons. The van der Waals surface area contributed by atoms with Crippen LogP contribution in [0.4, 0.5) is 11.4 Å². The van der Waals surface area contributed by atoms with Crippen LogP contribution in [0.15, 0.2) is 57.5 Å². The summed E-state index contributed by atoms with van der Waals surface area (Å²) in [4.78, 5) is 45.9. The van der Waals surface area contributed by atoms with Crippen molar-refractivity contribution in [1.82, 2.24) is 4.57 Å². The molecular formula is C30H32N4O7S. The number of ether oxygens (including phenoxy) is 3. The minimum atomic E-state index is -0.904. The van der Waals surface area contributed by atoms with E-state index in [4.69, 9.17) is 14.2 Å². The summed E-state index contributed by atoms with van der Waals surface area (Å²) in [6, 6.07) is 9.02. The van der Waals surface area contributed by atoms with Gasteiger partial charge in [0, 0.05) is 42.0 Å². The number of nitrogens with zero attached hydrogens (tertiary/aromatic N) is 4. The van der Waals surface area contributed by atoms with Crippen LogP contribution in [-0.2, 0) is 9.53 Å². The van der Waals surface area contributed by atoms with Gasteiger partial charge in [-0.25, -0.2) is 9.79 Å². The number of thiazole rings is 1. The number of methoxy groups -OCH3 is 2. The van der Waals surface area contributed by atoms with Crippen molar-refractivity contribution < 1.29 is 23.9 Å². The van der Waals surface area contributed by atoms with Gasteiger partial charge in [0.05, 0.1) is 41.6 Å². The van der Waals surface area contributed by atoms with Crippen molar-refractivity contribution in [2.45, 2.75) is 39.2 Å². The molecule has 1 fully saturated rings. The van der Waals surface area contributed by atoms with Crippen molar-refractivity contribution in [3.63, 3.8) is 0 Å². The molecule has 2 aromatic carbocycles. The van der Waals surface area contributed by atoms with Crippen LogP contribution >= 0.6 is 11.3 Å². The van der Waals surface area contributed by atoms with Crippen LogP contribution in [0, 0.1) is 10.1 Å². The number of carbonyl (C=O) groups is 1. The zero-order valence-corrected chi connectivity index (χ0v) is 24.7. The highest BCUT2D eigenvalue weighted by Gasteiger charge is 2.35. The van der Waals surface area contributed by atoms with Crippen molar-refractivity contribution in [3.05, 3.63) is 88.6 Å². The Hall–Kier alpha value is -4.45. The van der Waals surface area contributed by atoms with Crippen molar-refractivity contribution in [2.75, 3.05) is 38.8 Å². The van der Waals surface area contributed by atoms with E-state index >= 15 is 0 Å². The Morgan fingerprint density at radius 2 is 1.90 bits per heavy atom. The maximum atomic E-state index is 14.2. The summed E-state index contributed by atoms with van der Waals surface area (Å²) in [5, 5.41) is 11.6. The third-order valence-electron chi connectivity index (χ3n) is 7.45. The first-order valence-corrected chi connectivity index (χ1v) is 14.5. The summed E-state index contributed by atoms with van der Waals surface area (Å²) in [6.45, 7) is 5.23. The summed E-state index contributed by atoms with van der Waals surface area (Å²) in [5.74, 6) is 0.389. The minimum Gasteiger partial charge on any atom is -0.497 e. The number of hydrogen-bond acceptors (Lipinski definition) is 10. The predicted octanol–water partition coefficient (Wildman–Crippen LogP) is 3.71. The van der Waals surface area contributed by atoms with Crippen molar-refractivity contribution in [1.29, 1.82) is 0 Å². The van der Waals surface area contributed by atoms with Crippen LogP contribution in [0.2, 0.25) is 0 Å². The van der Waals surface area contributed by atoms with Gasteiger partial charge < -0.3 is 19.1 Å². The van der Waals surface area contributed by atoms with Gasteiger partial charge in [-0.1, -0.05) is 11.3 Å². The SMILES string of the molecule is CCOC(=O)C1=C(C)N=c2s/c(=C\c3cc([N+](=O)[O-])ccc3N3CCCCC3)c(=O)n2C1c1cc(OC)ccc1OC. The van der Waals surface area contributed by atoms with E-state index in [2.05, 4.69) is 9.89 Å². The smallest absolute Gasteiger partial charge is 0.338 e. The Labute approximate surface area is 246 Å². The first kappa shape index (κ1) is 29.1. The molecule has 12 heteroatoms. The quantitative estimate of drug-likeness (QED) is 0.220. The first-order chi connectivity index (χ1) is 20.3. The molecule has 1 aromatic heterocycles. The van der Waals surface area contributed by atoms with Gasteiger partial charge in [0.25, 0.3) is 11.2 Å². The number of nitro benzene ring substituents is 1. The number of allylic oxidation sites excluding steroid dienone is 1. The average molecular weight is 593 g/mol. The zero-order valence-electron chi connectivity index (χ0n) is 23.9. The minimum absolute atomic E-state index is 0.0609. The van der Waals surface area contributed by atoms with Crippen LogP contribution in [0.25, 0.3) is 6.08 Å². The molecule has 1 saturated heterocycles. The van der Waals surface area contributed by atoms with Crippen LogP contribution in [0.5, 0.6) is 11.5 Å². The Balaban J connectivity index is 1.76. The third-order valence-corrected chi connectivity index (χ3v) is 8.44. The number of nitro groups is 1. The highest BCUT2D eigenvalue weighted by molar-refractivity contribution is 7.07. The number of fused-ring (bicyclic) bond motifs is 1. The van der Waals surface area contributed by atoms with Crippen LogP contribution in [-0.4, -0.2) is 49.4 Å². The van der Waals surface area contributed by atoms with Gasteiger partial charge in [-0.2, -0.15) is 0 Å². The van der Waals surface area contributed by atoms with Crippen LogP contribution < -0.4 is 29.3 Å². The number of anilines is 1. The molecule has 1 atom stereocenters. The Kier molecular flexibility index (Phi) is 8.44. The number of aromatic nitrogens is 1. The van der Waals surface area contributed by atoms with E-state index in [0.29, 0.717) is 37.7 Å².